The first-order valence-corrected chi connectivity index (χ1v) is 5.44. The summed E-state index contributed by atoms with van der Waals surface area (Å²) in [6.45, 7) is -0.911. The zero-order valence-electron chi connectivity index (χ0n) is 9.76. The number of ether oxygens (including phenoxy) is 1. The average molecular weight is 267 g/mol. The predicted molar refractivity (Wildman–Crippen MR) is 57.3 cm³/mol. The lowest BCUT2D eigenvalue weighted by Gasteiger charge is -2.14. The molecule has 0 aliphatic heterocycles. The Labute approximate surface area is 102 Å². The van der Waals surface area contributed by atoms with Crippen LogP contribution in [-0.4, -0.2) is 18.9 Å². The van der Waals surface area contributed by atoms with Crippen molar-refractivity contribution >= 4 is 5.71 Å². The second-order valence-electron chi connectivity index (χ2n) is 3.55. The molecule has 3 nitrogen and oxygen atoms in total. The van der Waals surface area contributed by atoms with E-state index >= 15 is 0 Å². The highest BCUT2D eigenvalue weighted by Crippen LogP contribution is 2.26. The van der Waals surface area contributed by atoms with Crippen molar-refractivity contribution in [3.63, 3.8) is 0 Å². The summed E-state index contributed by atoms with van der Waals surface area (Å²) in [6, 6.07) is 0. The van der Waals surface area contributed by atoms with Crippen LogP contribution in [0.3, 0.4) is 0 Å². The van der Waals surface area contributed by atoms with E-state index in [1.165, 1.54) is 0 Å². The van der Waals surface area contributed by atoms with Crippen LogP contribution in [-0.2, 0) is 9.57 Å². The Morgan fingerprint density at radius 2 is 2.11 bits per heavy atom. The molecule has 1 rings (SSSR count). The third kappa shape index (κ3) is 4.38. The van der Waals surface area contributed by atoms with Gasteiger partial charge in [-0.25, -0.2) is 8.78 Å². The van der Waals surface area contributed by atoms with E-state index in [0.29, 0.717) is 12.5 Å². The van der Waals surface area contributed by atoms with Crippen molar-refractivity contribution in [2.45, 2.75) is 32.8 Å². The van der Waals surface area contributed by atoms with Crippen LogP contribution in [0.2, 0.25) is 0 Å². The molecule has 0 heterocycles. The van der Waals surface area contributed by atoms with Crippen LogP contribution in [0.15, 0.2) is 28.6 Å². The average Bonchev–Trinajstić information content (AvgIpc) is 2.29. The zero-order valence-corrected chi connectivity index (χ0v) is 9.76. The largest absolute Gasteiger partial charge is 0.439 e. The van der Waals surface area contributed by atoms with E-state index in [1.807, 2.05) is 6.92 Å². The summed E-state index contributed by atoms with van der Waals surface area (Å²) in [4.78, 5) is 4.76. The molecule has 0 amide bonds. The van der Waals surface area contributed by atoms with E-state index in [1.54, 1.807) is 0 Å². The van der Waals surface area contributed by atoms with Gasteiger partial charge >= 0.3 is 6.61 Å². The molecule has 1 aliphatic rings. The molecule has 1 aliphatic carbocycles. The van der Waals surface area contributed by atoms with Crippen LogP contribution in [0.1, 0.15) is 26.2 Å². The van der Waals surface area contributed by atoms with Crippen molar-refractivity contribution in [3.8, 4) is 0 Å². The highest BCUT2D eigenvalue weighted by atomic mass is 19.3. The van der Waals surface area contributed by atoms with Gasteiger partial charge in [0.05, 0.1) is 6.42 Å². The molecule has 18 heavy (non-hydrogen) atoms. The normalized spacial score (nSPS) is 18.3. The van der Waals surface area contributed by atoms with Crippen LogP contribution in [0.25, 0.3) is 0 Å². The van der Waals surface area contributed by atoms with Gasteiger partial charge in [0.2, 0.25) is 0 Å². The topological polar surface area (TPSA) is 30.8 Å². The third-order valence-electron chi connectivity index (χ3n) is 2.10. The standard InChI is InChI=1S/C11H13F4NO2/c1-2-3-4-17-16-9-6-7(18-11(14)15)5-8(12)10(9)13/h5,11H,2-4,6H2,1H3. The van der Waals surface area contributed by atoms with Crippen LogP contribution >= 0.6 is 0 Å². The Hall–Kier alpha value is -1.53. The van der Waals surface area contributed by atoms with Gasteiger partial charge in [-0.2, -0.15) is 8.78 Å². The number of unbranched alkanes of at least 4 members (excludes halogenated alkanes) is 1. The fourth-order valence-corrected chi connectivity index (χ4v) is 1.23. The van der Waals surface area contributed by atoms with Gasteiger partial charge in [-0.15, -0.1) is 0 Å². The van der Waals surface area contributed by atoms with Crippen molar-refractivity contribution in [3.05, 3.63) is 23.5 Å². The lowest BCUT2D eigenvalue weighted by atomic mass is 10.1. The Bertz CT molecular complexity index is 377. The number of oxime groups is 1. The molecular formula is C11H13F4NO2. The molecule has 0 N–H and O–H groups in total. The van der Waals surface area contributed by atoms with Crippen molar-refractivity contribution in [2.24, 2.45) is 5.16 Å². The second kappa shape index (κ2) is 7.03. The van der Waals surface area contributed by atoms with Crippen molar-refractivity contribution in [2.75, 3.05) is 6.61 Å². The number of alkyl halides is 2. The summed E-state index contributed by atoms with van der Waals surface area (Å²) in [5, 5.41) is 3.39. The maximum absolute atomic E-state index is 13.3. The first-order chi connectivity index (χ1) is 8.54. The molecule has 0 saturated heterocycles. The second-order valence-corrected chi connectivity index (χ2v) is 3.55. The summed E-state index contributed by atoms with van der Waals surface area (Å²) in [5.74, 6) is -2.90. The summed E-state index contributed by atoms with van der Waals surface area (Å²) in [7, 11) is 0. The highest BCUT2D eigenvalue weighted by molar-refractivity contribution is 6.01. The molecule has 0 atom stereocenters. The number of rotatable bonds is 6. The van der Waals surface area contributed by atoms with E-state index in [2.05, 4.69) is 9.89 Å². The molecule has 0 aromatic heterocycles. The van der Waals surface area contributed by atoms with Crippen molar-refractivity contribution in [1.29, 1.82) is 0 Å². The molecule has 0 spiro atoms. The lowest BCUT2D eigenvalue weighted by molar-refractivity contribution is -0.0970. The number of hydrogen-bond acceptors (Lipinski definition) is 3. The van der Waals surface area contributed by atoms with Gasteiger partial charge in [0.25, 0.3) is 0 Å². The Morgan fingerprint density at radius 3 is 2.72 bits per heavy atom. The van der Waals surface area contributed by atoms with Gasteiger partial charge in [0.15, 0.2) is 11.7 Å². The predicted octanol–water partition coefficient (Wildman–Crippen LogP) is 3.84. The maximum atomic E-state index is 13.3. The number of halogens is 4. The molecule has 0 fully saturated rings. The van der Waals surface area contributed by atoms with Crippen LogP contribution in [0.5, 0.6) is 0 Å². The minimum absolute atomic E-state index is 0.254. The van der Waals surface area contributed by atoms with E-state index in [4.69, 9.17) is 4.84 Å². The van der Waals surface area contributed by atoms with E-state index in [9.17, 15) is 17.6 Å². The van der Waals surface area contributed by atoms with Gasteiger partial charge in [0.1, 0.15) is 18.1 Å². The molecule has 0 saturated carbocycles. The van der Waals surface area contributed by atoms with Gasteiger partial charge in [0, 0.05) is 6.08 Å². The summed E-state index contributed by atoms with van der Waals surface area (Å²) in [6.07, 6.45) is 1.78. The SMILES string of the molecule is CCCCON=C1CC(OC(F)F)=CC(F)=C1F. The summed E-state index contributed by atoms with van der Waals surface area (Å²) >= 11 is 0. The van der Waals surface area contributed by atoms with Crippen LogP contribution < -0.4 is 0 Å². The van der Waals surface area contributed by atoms with Gasteiger partial charge in [-0.05, 0) is 6.42 Å². The third-order valence-corrected chi connectivity index (χ3v) is 2.10. The molecule has 0 radical (unpaired) electrons. The molecule has 102 valence electrons. The molecule has 0 aromatic rings. The fourth-order valence-electron chi connectivity index (χ4n) is 1.23. The molecule has 0 unspecified atom stereocenters. The van der Waals surface area contributed by atoms with E-state index < -0.39 is 18.3 Å². The summed E-state index contributed by atoms with van der Waals surface area (Å²) in [5.41, 5.74) is -0.387. The number of hydrogen-bond donors (Lipinski definition) is 0. The molecule has 7 heteroatoms. The van der Waals surface area contributed by atoms with Crippen LogP contribution in [0.4, 0.5) is 17.6 Å². The first-order valence-electron chi connectivity index (χ1n) is 5.44. The molecule has 0 bridgehead atoms. The lowest BCUT2D eigenvalue weighted by Crippen LogP contribution is -2.12. The highest BCUT2D eigenvalue weighted by Gasteiger charge is 2.23. The van der Waals surface area contributed by atoms with E-state index in [-0.39, 0.29) is 24.5 Å². The van der Waals surface area contributed by atoms with Gasteiger partial charge < -0.3 is 9.57 Å². The monoisotopic (exact) mass is 267 g/mol. The van der Waals surface area contributed by atoms with E-state index in [0.717, 1.165) is 6.42 Å². The molecular weight excluding hydrogens is 254 g/mol. The summed E-state index contributed by atoms with van der Waals surface area (Å²) < 4.78 is 54.3. The minimum Gasteiger partial charge on any atom is -0.439 e. The van der Waals surface area contributed by atoms with Gasteiger partial charge in [-0.3, -0.25) is 0 Å². The number of nitrogens with zero attached hydrogens (tertiary/aromatic N) is 1. The Balaban J connectivity index is 2.68. The quantitative estimate of drug-likeness (QED) is 0.416. The van der Waals surface area contributed by atoms with Crippen molar-refractivity contribution < 1.29 is 27.1 Å². The smallest absolute Gasteiger partial charge is 0.387 e. The fraction of sp³-hybridized carbons (Fsp3) is 0.545. The van der Waals surface area contributed by atoms with Gasteiger partial charge in [-0.1, -0.05) is 18.5 Å². The first kappa shape index (κ1) is 14.5. The van der Waals surface area contributed by atoms with Crippen LogP contribution in [0, 0.1) is 0 Å². The minimum atomic E-state index is -3.09. The Kier molecular flexibility index (Phi) is 5.67. The Morgan fingerprint density at radius 1 is 1.39 bits per heavy atom. The molecule has 0 aromatic carbocycles. The maximum Gasteiger partial charge on any atom is 0.387 e. The van der Waals surface area contributed by atoms with Crippen molar-refractivity contribution in [1.82, 2.24) is 0 Å². The zero-order chi connectivity index (χ0) is 13.5. The number of allylic oxidation sites excluding steroid dienone is 4.